The van der Waals surface area contributed by atoms with Crippen LogP contribution in [0.3, 0.4) is 0 Å². The van der Waals surface area contributed by atoms with Crippen molar-refractivity contribution in [1.82, 2.24) is 14.9 Å². The molecule has 8 heteroatoms. The highest BCUT2D eigenvalue weighted by Gasteiger charge is 2.28. The second-order valence-electron chi connectivity index (χ2n) is 7.58. The monoisotopic (exact) mass is 405 g/mol. The zero-order valence-corrected chi connectivity index (χ0v) is 17.6. The molecule has 2 heterocycles. The second-order valence-corrected chi connectivity index (χ2v) is 8.57. The number of carbonyl (C=O) groups excluding carboxylic acids is 2. The van der Waals surface area contributed by atoms with E-state index in [4.69, 9.17) is 4.74 Å². The molecule has 0 saturated heterocycles. The number of aryl methyl sites for hydroxylation is 1. The van der Waals surface area contributed by atoms with Gasteiger partial charge in [0.05, 0.1) is 18.3 Å². The molecular formula is C20H27N3O4S. The smallest absolute Gasteiger partial charge is 0.348 e. The molecule has 28 heavy (non-hydrogen) atoms. The summed E-state index contributed by atoms with van der Waals surface area (Å²) in [6.07, 6.45) is 4.64. The number of nitrogens with one attached hydrogen (secondary N) is 1. The maximum absolute atomic E-state index is 12.9. The van der Waals surface area contributed by atoms with E-state index in [1.54, 1.807) is 13.8 Å². The van der Waals surface area contributed by atoms with Crippen LogP contribution in [-0.4, -0.2) is 34.1 Å². The molecule has 152 valence electrons. The van der Waals surface area contributed by atoms with Crippen LogP contribution in [0, 0.1) is 18.8 Å². The standard InChI is InChI=1S/C20H27N3O4S/c1-5-27-20(26)17-13(4)16-18(28-17)21-10-23(19(16)25)9-15(24)22-14-8-6-7-11(2)12(14)3/h10-12,14H,5-9H2,1-4H3,(H,22,24)/t11-,12-,14+/m0/s1. The van der Waals surface area contributed by atoms with Gasteiger partial charge >= 0.3 is 5.97 Å². The summed E-state index contributed by atoms with van der Waals surface area (Å²) in [5.41, 5.74) is 0.245. The van der Waals surface area contributed by atoms with E-state index >= 15 is 0 Å². The molecule has 7 nitrogen and oxygen atoms in total. The summed E-state index contributed by atoms with van der Waals surface area (Å²) in [7, 11) is 0. The van der Waals surface area contributed by atoms with Gasteiger partial charge in [0.1, 0.15) is 16.3 Å². The van der Waals surface area contributed by atoms with Gasteiger partial charge in [0.25, 0.3) is 5.56 Å². The van der Waals surface area contributed by atoms with E-state index in [-0.39, 0.29) is 30.7 Å². The van der Waals surface area contributed by atoms with E-state index in [1.807, 2.05) is 0 Å². The number of hydrogen-bond donors (Lipinski definition) is 1. The van der Waals surface area contributed by atoms with Crippen molar-refractivity contribution in [1.29, 1.82) is 0 Å². The maximum atomic E-state index is 12.9. The first kappa shape index (κ1) is 20.5. The van der Waals surface area contributed by atoms with Gasteiger partial charge in [-0.05, 0) is 37.7 Å². The molecule has 1 saturated carbocycles. The van der Waals surface area contributed by atoms with Crippen LogP contribution in [0.2, 0.25) is 0 Å². The van der Waals surface area contributed by atoms with E-state index in [0.29, 0.717) is 32.5 Å². The van der Waals surface area contributed by atoms with Gasteiger partial charge in [-0.25, -0.2) is 9.78 Å². The highest BCUT2D eigenvalue weighted by molar-refractivity contribution is 7.20. The van der Waals surface area contributed by atoms with Crippen molar-refractivity contribution in [2.45, 2.75) is 59.5 Å². The van der Waals surface area contributed by atoms with Crippen LogP contribution >= 0.6 is 11.3 Å². The van der Waals surface area contributed by atoms with Gasteiger partial charge in [-0.1, -0.05) is 26.7 Å². The lowest BCUT2D eigenvalue weighted by molar-refractivity contribution is -0.123. The quantitative estimate of drug-likeness (QED) is 0.773. The van der Waals surface area contributed by atoms with Crippen molar-refractivity contribution in [2.75, 3.05) is 6.61 Å². The predicted octanol–water partition coefficient (Wildman–Crippen LogP) is 2.88. The minimum Gasteiger partial charge on any atom is -0.462 e. The summed E-state index contributed by atoms with van der Waals surface area (Å²) < 4.78 is 6.36. The lowest BCUT2D eigenvalue weighted by Gasteiger charge is -2.34. The number of amides is 1. The topological polar surface area (TPSA) is 90.3 Å². The number of carbonyl (C=O) groups is 2. The van der Waals surface area contributed by atoms with E-state index in [2.05, 4.69) is 24.1 Å². The van der Waals surface area contributed by atoms with Gasteiger partial charge in [0.2, 0.25) is 5.91 Å². The molecule has 1 amide bonds. The molecule has 0 spiro atoms. The number of thiophene rings is 1. The zero-order valence-electron chi connectivity index (χ0n) is 16.8. The Labute approximate surface area is 168 Å². The largest absolute Gasteiger partial charge is 0.462 e. The van der Waals surface area contributed by atoms with Crippen molar-refractivity contribution in [2.24, 2.45) is 11.8 Å². The van der Waals surface area contributed by atoms with E-state index in [1.165, 1.54) is 17.3 Å². The zero-order chi connectivity index (χ0) is 20.4. The second kappa shape index (κ2) is 8.43. The molecule has 3 rings (SSSR count). The van der Waals surface area contributed by atoms with Gasteiger partial charge in [-0.15, -0.1) is 11.3 Å². The van der Waals surface area contributed by atoms with Gasteiger partial charge < -0.3 is 10.1 Å². The Bertz CT molecular complexity index is 949. The molecule has 0 bridgehead atoms. The van der Waals surface area contributed by atoms with E-state index in [9.17, 15) is 14.4 Å². The average molecular weight is 406 g/mol. The number of aromatic nitrogens is 2. The molecule has 0 unspecified atom stereocenters. The third-order valence-electron chi connectivity index (χ3n) is 5.75. The number of ether oxygens (including phenoxy) is 1. The third kappa shape index (κ3) is 3.97. The van der Waals surface area contributed by atoms with Gasteiger partial charge in [0.15, 0.2) is 0 Å². The van der Waals surface area contributed by atoms with Crippen LogP contribution in [0.25, 0.3) is 10.2 Å². The Balaban J connectivity index is 1.81. The first-order valence-corrected chi connectivity index (χ1v) is 10.6. The minimum absolute atomic E-state index is 0.0800. The number of rotatable bonds is 5. The van der Waals surface area contributed by atoms with Crippen molar-refractivity contribution in [3.05, 3.63) is 27.1 Å². The van der Waals surface area contributed by atoms with Gasteiger partial charge in [0, 0.05) is 6.04 Å². The van der Waals surface area contributed by atoms with Crippen molar-refractivity contribution < 1.29 is 14.3 Å². The number of esters is 1. The fraction of sp³-hybridized carbons (Fsp3) is 0.600. The van der Waals surface area contributed by atoms with Crippen LogP contribution in [0.5, 0.6) is 0 Å². The summed E-state index contributed by atoms with van der Waals surface area (Å²) in [6, 6.07) is 0.141. The maximum Gasteiger partial charge on any atom is 0.348 e. The van der Waals surface area contributed by atoms with E-state index in [0.717, 1.165) is 24.2 Å². The molecule has 0 aliphatic heterocycles. The Morgan fingerprint density at radius 1 is 1.36 bits per heavy atom. The Hall–Kier alpha value is -2.22. The Morgan fingerprint density at radius 2 is 2.11 bits per heavy atom. The molecule has 2 aromatic rings. The number of nitrogens with zero attached hydrogens (tertiary/aromatic N) is 2. The molecule has 2 aromatic heterocycles. The highest BCUT2D eigenvalue weighted by atomic mass is 32.1. The van der Waals surface area contributed by atoms with Crippen LogP contribution in [0.1, 0.15) is 55.3 Å². The molecule has 1 fully saturated rings. The molecule has 0 aromatic carbocycles. The molecule has 1 aliphatic rings. The summed E-state index contributed by atoms with van der Waals surface area (Å²) in [4.78, 5) is 42.6. The molecule has 3 atom stereocenters. The molecular weight excluding hydrogens is 378 g/mol. The van der Waals surface area contributed by atoms with Gasteiger partial charge in [-0.2, -0.15) is 0 Å². The van der Waals surface area contributed by atoms with Crippen molar-refractivity contribution >= 4 is 33.4 Å². The Morgan fingerprint density at radius 3 is 2.82 bits per heavy atom. The molecule has 1 aliphatic carbocycles. The first-order chi connectivity index (χ1) is 13.3. The van der Waals surface area contributed by atoms with Crippen LogP contribution in [0.15, 0.2) is 11.1 Å². The van der Waals surface area contributed by atoms with Gasteiger partial charge in [-0.3, -0.25) is 14.2 Å². The van der Waals surface area contributed by atoms with E-state index < -0.39 is 5.97 Å². The lowest BCUT2D eigenvalue weighted by atomic mass is 9.78. The number of fused-ring (bicyclic) bond motifs is 1. The summed E-state index contributed by atoms with van der Waals surface area (Å²) in [5, 5.41) is 3.46. The molecule has 0 radical (unpaired) electrons. The highest BCUT2D eigenvalue weighted by Crippen LogP contribution is 2.29. The molecule has 1 N–H and O–H groups in total. The van der Waals surface area contributed by atoms with Crippen LogP contribution in [-0.2, 0) is 16.1 Å². The fourth-order valence-corrected chi connectivity index (χ4v) is 4.89. The third-order valence-corrected chi connectivity index (χ3v) is 6.93. The van der Waals surface area contributed by atoms with Crippen molar-refractivity contribution in [3.63, 3.8) is 0 Å². The summed E-state index contributed by atoms with van der Waals surface area (Å²) in [5.74, 6) is 0.357. The minimum atomic E-state index is -0.452. The van der Waals surface area contributed by atoms with Crippen LogP contribution in [0.4, 0.5) is 0 Å². The normalized spacial score (nSPS) is 22.2. The first-order valence-electron chi connectivity index (χ1n) is 9.78. The lowest BCUT2D eigenvalue weighted by Crippen LogP contribution is -2.45. The average Bonchev–Trinajstić information content (AvgIpc) is 2.99. The predicted molar refractivity (Wildman–Crippen MR) is 109 cm³/mol. The van der Waals surface area contributed by atoms with Crippen LogP contribution < -0.4 is 10.9 Å². The SMILES string of the molecule is CCOC(=O)c1sc2ncn(CC(=O)N[C@@H]3CCC[C@H](C)[C@@H]3C)c(=O)c2c1C. The Kier molecular flexibility index (Phi) is 6.17. The fourth-order valence-electron chi connectivity index (χ4n) is 3.86. The number of hydrogen-bond acceptors (Lipinski definition) is 6. The van der Waals surface area contributed by atoms with Crippen molar-refractivity contribution in [3.8, 4) is 0 Å². The summed E-state index contributed by atoms with van der Waals surface area (Å²) >= 11 is 1.14. The summed E-state index contributed by atoms with van der Waals surface area (Å²) in [6.45, 7) is 8.01.